The normalized spacial score (nSPS) is 13.2. The van der Waals surface area contributed by atoms with Gasteiger partial charge in [-0.15, -0.1) is 0 Å². The van der Waals surface area contributed by atoms with Crippen molar-refractivity contribution in [2.75, 3.05) is 0 Å². The van der Waals surface area contributed by atoms with Crippen LogP contribution < -0.4 is 0 Å². The van der Waals surface area contributed by atoms with Crippen molar-refractivity contribution in [1.29, 1.82) is 5.26 Å². The minimum Gasteiger partial charge on any atom is -0.198 e. The first kappa shape index (κ1) is 13.6. The van der Waals surface area contributed by atoms with Gasteiger partial charge in [0.05, 0.1) is 22.0 Å². The van der Waals surface area contributed by atoms with Crippen LogP contribution in [-0.2, 0) is 0 Å². The minimum atomic E-state index is -1.25. The van der Waals surface area contributed by atoms with Gasteiger partial charge in [-0.1, -0.05) is 48.9 Å². The summed E-state index contributed by atoms with van der Waals surface area (Å²) in [4.78, 5) is 0. The maximum atomic E-state index is 9.20. The lowest BCUT2D eigenvalue weighted by molar-refractivity contribution is 0.953. The predicted molar refractivity (Wildman–Crippen MR) is 73.0 cm³/mol. The van der Waals surface area contributed by atoms with Gasteiger partial charge in [-0.05, 0) is 23.7 Å². The Morgan fingerprint density at radius 1 is 1.25 bits per heavy atom. The van der Waals surface area contributed by atoms with E-state index in [1.807, 2.05) is 6.07 Å². The van der Waals surface area contributed by atoms with Crippen molar-refractivity contribution < 1.29 is 0 Å². The van der Waals surface area contributed by atoms with Crippen LogP contribution in [0, 0.1) is 11.3 Å². The second kappa shape index (κ2) is 5.22. The summed E-state index contributed by atoms with van der Waals surface area (Å²) < 4.78 is 0. The third-order valence-corrected chi connectivity index (χ3v) is 4.69. The number of rotatable bonds is 3. The van der Waals surface area contributed by atoms with Crippen LogP contribution in [0.1, 0.15) is 11.5 Å². The first-order valence-corrected chi connectivity index (χ1v) is 9.64. The van der Waals surface area contributed by atoms with Gasteiger partial charge in [-0.25, -0.2) is 0 Å². The molecule has 0 aromatic heterocycles. The van der Waals surface area contributed by atoms with Crippen molar-refractivity contribution in [2.24, 2.45) is 0 Å². The van der Waals surface area contributed by atoms with E-state index in [0.717, 1.165) is 11.6 Å². The van der Waals surface area contributed by atoms with Crippen molar-refractivity contribution in [2.45, 2.75) is 31.6 Å². The molecule has 4 heteroatoms. The van der Waals surface area contributed by atoms with E-state index in [1.54, 1.807) is 12.1 Å². The van der Waals surface area contributed by atoms with E-state index in [9.17, 15) is 5.26 Å². The van der Waals surface area contributed by atoms with Crippen molar-refractivity contribution >= 4 is 31.3 Å². The first-order chi connectivity index (χ1) is 7.33. The van der Waals surface area contributed by atoms with Gasteiger partial charge >= 0.3 is 0 Å². The number of hydrogen-bond acceptors (Lipinski definition) is 1. The van der Waals surface area contributed by atoms with Crippen molar-refractivity contribution in [3.8, 4) is 6.07 Å². The highest BCUT2D eigenvalue weighted by Gasteiger charge is 2.21. The monoisotopic (exact) mass is 271 g/mol. The molecule has 0 bridgehead atoms. The Labute approximate surface area is 108 Å². The lowest BCUT2D eigenvalue weighted by Crippen LogP contribution is -2.22. The molecule has 1 aromatic carbocycles. The summed E-state index contributed by atoms with van der Waals surface area (Å²) in [7, 11) is -1.25. The fourth-order valence-electron chi connectivity index (χ4n) is 1.58. The van der Waals surface area contributed by atoms with E-state index < -0.39 is 8.07 Å². The molecular formula is C12H15Cl2NSi. The average Bonchev–Trinajstić information content (AvgIpc) is 2.17. The van der Waals surface area contributed by atoms with Crippen molar-refractivity contribution in [3.63, 3.8) is 0 Å². The van der Waals surface area contributed by atoms with E-state index in [-0.39, 0.29) is 5.92 Å². The zero-order valence-corrected chi connectivity index (χ0v) is 12.2. The van der Waals surface area contributed by atoms with Gasteiger partial charge in [0.2, 0.25) is 0 Å². The predicted octanol–water partition coefficient (Wildman–Crippen LogP) is 4.94. The van der Waals surface area contributed by atoms with Crippen LogP contribution in [0.5, 0.6) is 0 Å². The van der Waals surface area contributed by atoms with E-state index in [4.69, 9.17) is 23.2 Å². The van der Waals surface area contributed by atoms with E-state index in [2.05, 4.69) is 25.7 Å². The zero-order chi connectivity index (χ0) is 12.3. The van der Waals surface area contributed by atoms with Crippen LogP contribution in [0.3, 0.4) is 0 Å². The molecular weight excluding hydrogens is 257 g/mol. The molecule has 86 valence electrons. The molecule has 0 aliphatic carbocycles. The molecule has 0 radical (unpaired) electrons. The quantitative estimate of drug-likeness (QED) is 0.715. The number of hydrogen-bond donors (Lipinski definition) is 0. The molecule has 1 unspecified atom stereocenters. The second-order valence-corrected chi connectivity index (χ2v) is 11.5. The SMILES string of the molecule is C[Si](C)(C)CC(C#N)c1ccc(Cl)c(Cl)c1. The summed E-state index contributed by atoms with van der Waals surface area (Å²) in [6.07, 6.45) is 0. The molecule has 0 N–H and O–H groups in total. The topological polar surface area (TPSA) is 23.8 Å². The molecule has 0 fully saturated rings. The smallest absolute Gasteiger partial charge is 0.0700 e. The van der Waals surface area contributed by atoms with Crippen molar-refractivity contribution in [1.82, 2.24) is 0 Å². The Bertz CT molecular complexity index is 418. The van der Waals surface area contributed by atoms with Crippen LogP contribution in [0.4, 0.5) is 0 Å². The fourth-order valence-corrected chi connectivity index (χ4v) is 3.44. The van der Waals surface area contributed by atoms with Gasteiger partial charge in [0.1, 0.15) is 0 Å². The van der Waals surface area contributed by atoms with Gasteiger partial charge in [-0.2, -0.15) is 5.26 Å². The molecule has 0 amide bonds. The lowest BCUT2D eigenvalue weighted by atomic mass is 10.0. The van der Waals surface area contributed by atoms with Crippen LogP contribution >= 0.6 is 23.2 Å². The van der Waals surface area contributed by atoms with Crippen LogP contribution in [0.25, 0.3) is 0 Å². The number of benzene rings is 1. The van der Waals surface area contributed by atoms with Gasteiger partial charge < -0.3 is 0 Å². The highest BCUT2D eigenvalue weighted by Crippen LogP contribution is 2.30. The van der Waals surface area contributed by atoms with Crippen LogP contribution in [-0.4, -0.2) is 8.07 Å². The van der Waals surface area contributed by atoms with Gasteiger partial charge in [0.25, 0.3) is 0 Å². The van der Waals surface area contributed by atoms with Crippen LogP contribution in [0.15, 0.2) is 18.2 Å². The lowest BCUT2D eigenvalue weighted by Gasteiger charge is -2.20. The molecule has 16 heavy (non-hydrogen) atoms. The summed E-state index contributed by atoms with van der Waals surface area (Å²) in [5, 5.41) is 10.3. The highest BCUT2D eigenvalue weighted by atomic mass is 35.5. The number of nitrogens with zero attached hydrogens (tertiary/aromatic N) is 1. The van der Waals surface area contributed by atoms with Gasteiger partial charge in [0, 0.05) is 8.07 Å². The molecule has 1 aromatic rings. The summed E-state index contributed by atoms with van der Waals surface area (Å²) in [5.41, 5.74) is 0.972. The third kappa shape index (κ3) is 3.82. The van der Waals surface area contributed by atoms with Crippen LogP contribution in [0.2, 0.25) is 35.7 Å². The molecule has 0 saturated heterocycles. The molecule has 0 heterocycles. The molecule has 1 rings (SSSR count). The molecule has 1 nitrogen and oxygen atoms in total. The highest BCUT2D eigenvalue weighted by molar-refractivity contribution is 6.76. The molecule has 0 aliphatic heterocycles. The Morgan fingerprint density at radius 2 is 1.88 bits per heavy atom. The Hall–Kier alpha value is -0.493. The second-order valence-electron chi connectivity index (χ2n) is 5.12. The molecule has 1 atom stereocenters. The fraction of sp³-hybridized carbons (Fsp3) is 0.417. The Morgan fingerprint density at radius 3 is 2.31 bits per heavy atom. The summed E-state index contributed by atoms with van der Waals surface area (Å²) in [5.74, 6) is -0.0681. The third-order valence-electron chi connectivity index (χ3n) is 2.32. The van der Waals surface area contributed by atoms with Gasteiger partial charge in [-0.3, -0.25) is 0 Å². The first-order valence-electron chi connectivity index (χ1n) is 5.18. The maximum absolute atomic E-state index is 9.20. The standard InChI is InChI=1S/C12H15Cl2NSi/c1-16(2,3)8-10(7-15)9-4-5-11(13)12(14)6-9/h4-6,10H,8H2,1-3H3. The van der Waals surface area contributed by atoms with E-state index >= 15 is 0 Å². The molecule has 0 saturated carbocycles. The summed E-state index contributed by atoms with van der Waals surface area (Å²) in [6, 6.07) is 8.75. The largest absolute Gasteiger partial charge is 0.198 e. The molecule has 0 aliphatic rings. The Balaban J connectivity index is 2.97. The van der Waals surface area contributed by atoms with E-state index in [0.29, 0.717) is 10.0 Å². The minimum absolute atomic E-state index is 0.0681. The van der Waals surface area contributed by atoms with Gasteiger partial charge in [0.15, 0.2) is 0 Å². The molecule has 0 spiro atoms. The Kier molecular flexibility index (Phi) is 4.43. The van der Waals surface area contributed by atoms with E-state index in [1.165, 1.54) is 0 Å². The zero-order valence-electron chi connectivity index (χ0n) is 9.72. The number of nitriles is 1. The maximum Gasteiger partial charge on any atom is 0.0700 e. The number of halogens is 2. The average molecular weight is 272 g/mol. The summed E-state index contributed by atoms with van der Waals surface area (Å²) in [6.45, 7) is 6.78. The van der Waals surface area contributed by atoms with Crippen molar-refractivity contribution in [3.05, 3.63) is 33.8 Å². The summed E-state index contributed by atoms with van der Waals surface area (Å²) >= 11 is 11.8.